The van der Waals surface area contributed by atoms with Gasteiger partial charge in [-0.1, -0.05) is 12.1 Å². The van der Waals surface area contributed by atoms with E-state index < -0.39 is 0 Å². The molecule has 0 fully saturated rings. The van der Waals surface area contributed by atoms with E-state index in [1.165, 1.54) is 12.1 Å². The summed E-state index contributed by atoms with van der Waals surface area (Å²) in [6, 6.07) is 6.54. The summed E-state index contributed by atoms with van der Waals surface area (Å²) in [7, 11) is 1.66. The summed E-state index contributed by atoms with van der Waals surface area (Å²) in [6.07, 6.45) is 3.65. The fourth-order valence-electron chi connectivity index (χ4n) is 1.61. The molecule has 0 saturated carbocycles. The van der Waals surface area contributed by atoms with Crippen LogP contribution in [0.2, 0.25) is 0 Å². The van der Waals surface area contributed by atoms with Crippen molar-refractivity contribution in [3.8, 4) is 0 Å². The second-order valence-electron chi connectivity index (χ2n) is 3.97. The predicted octanol–water partition coefficient (Wildman–Crippen LogP) is 2.28. The summed E-state index contributed by atoms with van der Waals surface area (Å²) < 4.78 is 19.8. The van der Waals surface area contributed by atoms with Crippen molar-refractivity contribution in [3.63, 3.8) is 0 Å². The number of halogens is 1. The SMILES string of the molecule is COCCn1cc(NCc2cccc(F)c2)cn1. The lowest BCUT2D eigenvalue weighted by molar-refractivity contribution is 0.183. The Kier molecular flexibility index (Phi) is 4.30. The average Bonchev–Trinajstić information content (AvgIpc) is 2.82. The van der Waals surface area contributed by atoms with Crippen molar-refractivity contribution in [1.29, 1.82) is 0 Å². The van der Waals surface area contributed by atoms with Gasteiger partial charge in [-0.2, -0.15) is 5.10 Å². The van der Waals surface area contributed by atoms with Gasteiger partial charge in [0.05, 0.1) is 25.0 Å². The Morgan fingerprint density at radius 2 is 2.33 bits per heavy atom. The maximum absolute atomic E-state index is 13.0. The number of methoxy groups -OCH3 is 1. The Bertz CT molecular complexity index is 498. The van der Waals surface area contributed by atoms with Crippen LogP contribution in [0.25, 0.3) is 0 Å². The van der Waals surface area contributed by atoms with E-state index in [0.29, 0.717) is 13.2 Å². The highest BCUT2D eigenvalue weighted by atomic mass is 19.1. The second-order valence-corrected chi connectivity index (χ2v) is 3.97. The van der Waals surface area contributed by atoms with Gasteiger partial charge in [0, 0.05) is 19.9 Å². The van der Waals surface area contributed by atoms with Gasteiger partial charge in [-0.05, 0) is 17.7 Å². The van der Waals surface area contributed by atoms with Crippen molar-refractivity contribution < 1.29 is 9.13 Å². The summed E-state index contributed by atoms with van der Waals surface area (Å²) >= 11 is 0. The molecular formula is C13H16FN3O. The Balaban J connectivity index is 1.88. The molecule has 1 aromatic carbocycles. The molecule has 0 saturated heterocycles. The van der Waals surface area contributed by atoms with Crippen molar-refractivity contribution in [2.45, 2.75) is 13.1 Å². The molecule has 0 spiro atoms. The number of ether oxygens (including phenoxy) is 1. The molecule has 4 nitrogen and oxygen atoms in total. The number of rotatable bonds is 6. The van der Waals surface area contributed by atoms with Crippen LogP contribution >= 0.6 is 0 Å². The summed E-state index contributed by atoms with van der Waals surface area (Å²) in [5.74, 6) is -0.218. The second kappa shape index (κ2) is 6.16. The van der Waals surface area contributed by atoms with E-state index in [9.17, 15) is 4.39 Å². The molecule has 1 heterocycles. The van der Waals surface area contributed by atoms with E-state index in [1.807, 2.05) is 12.3 Å². The largest absolute Gasteiger partial charge is 0.383 e. The van der Waals surface area contributed by atoms with E-state index in [-0.39, 0.29) is 5.82 Å². The predicted molar refractivity (Wildman–Crippen MR) is 67.8 cm³/mol. The van der Waals surface area contributed by atoms with Crippen molar-refractivity contribution in [2.75, 3.05) is 19.0 Å². The van der Waals surface area contributed by atoms with Crippen molar-refractivity contribution >= 4 is 5.69 Å². The third-order valence-corrected chi connectivity index (χ3v) is 2.54. The lowest BCUT2D eigenvalue weighted by Gasteiger charge is -2.03. The first-order valence-corrected chi connectivity index (χ1v) is 5.77. The Morgan fingerprint density at radius 1 is 1.44 bits per heavy atom. The number of aromatic nitrogens is 2. The van der Waals surface area contributed by atoms with E-state index >= 15 is 0 Å². The number of hydrogen-bond acceptors (Lipinski definition) is 3. The minimum Gasteiger partial charge on any atom is -0.383 e. The van der Waals surface area contributed by atoms with Gasteiger partial charge < -0.3 is 10.1 Å². The minimum absolute atomic E-state index is 0.218. The van der Waals surface area contributed by atoms with Crippen molar-refractivity contribution in [2.24, 2.45) is 0 Å². The van der Waals surface area contributed by atoms with Crippen molar-refractivity contribution in [3.05, 3.63) is 48.0 Å². The lowest BCUT2D eigenvalue weighted by Crippen LogP contribution is -2.04. The highest BCUT2D eigenvalue weighted by Crippen LogP contribution is 2.09. The van der Waals surface area contributed by atoms with E-state index in [4.69, 9.17) is 4.74 Å². The van der Waals surface area contributed by atoms with Gasteiger partial charge >= 0.3 is 0 Å². The molecule has 0 amide bonds. The summed E-state index contributed by atoms with van der Waals surface area (Å²) in [4.78, 5) is 0. The highest BCUT2D eigenvalue weighted by molar-refractivity contribution is 5.39. The Morgan fingerprint density at radius 3 is 3.11 bits per heavy atom. The van der Waals surface area contributed by atoms with Gasteiger partial charge in [0.25, 0.3) is 0 Å². The third kappa shape index (κ3) is 3.56. The zero-order chi connectivity index (χ0) is 12.8. The first-order valence-electron chi connectivity index (χ1n) is 5.77. The van der Waals surface area contributed by atoms with Gasteiger partial charge in [0.15, 0.2) is 0 Å². The van der Waals surface area contributed by atoms with Crippen LogP contribution in [-0.4, -0.2) is 23.5 Å². The van der Waals surface area contributed by atoms with Crippen LogP contribution in [0.1, 0.15) is 5.56 Å². The molecule has 0 aliphatic rings. The van der Waals surface area contributed by atoms with E-state index in [1.54, 1.807) is 24.1 Å². The average molecular weight is 249 g/mol. The standard InChI is InChI=1S/C13H16FN3O/c1-18-6-5-17-10-13(9-16-17)15-8-11-3-2-4-12(14)7-11/h2-4,7,9-10,15H,5-6,8H2,1H3. The maximum Gasteiger partial charge on any atom is 0.123 e. The zero-order valence-corrected chi connectivity index (χ0v) is 10.3. The van der Waals surface area contributed by atoms with Gasteiger partial charge in [0.1, 0.15) is 5.82 Å². The van der Waals surface area contributed by atoms with Gasteiger partial charge in [-0.15, -0.1) is 0 Å². The molecule has 0 aliphatic carbocycles. The quantitative estimate of drug-likeness (QED) is 0.853. The summed E-state index contributed by atoms with van der Waals surface area (Å²) in [5.41, 5.74) is 1.81. The van der Waals surface area contributed by atoms with Crippen LogP contribution in [0.3, 0.4) is 0 Å². The van der Waals surface area contributed by atoms with E-state index in [2.05, 4.69) is 10.4 Å². The van der Waals surface area contributed by atoms with Crippen LogP contribution in [0, 0.1) is 5.82 Å². The normalized spacial score (nSPS) is 10.6. The fourth-order valence-corrected chi connectivity index (χ4v) is 1.61. The topological polar surface area (TPSA) is 39.1 Å². The van der Waals surface area contributed by atoms with Crippen LogP contribution in [0.5, 0.6) is 0 Å². The van der Waals surface area contributed by atoms with Crippen LogP contribution in [0.4, 0.5) is 10.1 Å². The number of nitrogens with one attached hydrogen (secondary N) is 1. The molecule has 96 valence electrons. The summed E-state index contributed by atoms with van der Waals surface area (Å²) in [6.45, 7) is 1.93. The van der Waals surface area contributed by atoms with Crippen LogP contribution in [-0.2, 0) is 17.8 Å². The number of nitrogens with zero attached hydrogens (tertiary/aromatic N) is 2. The molecule has 0 atom stereocenters. The minimum atomic E-state index is -0.218. The monoisotopic (exact) mass is 249 g/mol. The highest BCUT2D eigenvalue weighted by Gasteiger charge is 1.99. The summed E-state index contributed by atoms with van der Waals surface area (Å²) in [5, 5.41) is 7.38. The zero-order valence-electron chi connectivity index (χ0n) is 10.3. The molecule has 0 bridgehead atoms. The number of benzene rings is 1. The molecular weight excluding hydrogens is 233 g/mol. The molecule has 1 N–H and O–H groups in total. The Labute approximate surface area is 105 Å². The first-order chi connectivity index (χ1) is 8.78. The van der Waals surface area contributed by atoms with Gasteiger partial charge in [-0.3, -0.25) is 4.68 Å². The third-order valence-electron chi connectivity index (χ3n) is 2.54. The molecule has 1 aromatic heterocycles. The van der Waals surface area contributed by atoms with Crippen molar-refractivity contribution in [1.82, 2.24) is 9.78 Å². The fraction of sp³-hybridized carbons (Fsp3) is 0.308. The van der Waals surface area contributed by atoms with Gasteiger partial charge in [-0.25, -0.2) is 4.39 Å². The molecule has 5 heteroatoms. The molecule has 0 aliphatic heterocycles. The van der Waals surface area contributed by atoms with Crippen LogP contribution < -0.4 is 5.32 Å². The smallest absolute Gasteiger partial charge is 0.123 e. The van der Waals surface area contributed by atoms with E-state index in [0.717, 1.165) is 17.8 Å². The molecule has 2 rings (SSSR count). The molecule has 0 radical (unpaired) electrons. The molecule has 2 aromatic rings. The first kappa shape index (κ1) is 12.6. The molecule has 0 unspecified atom stereocenters. The maximum atomic E-state index is 13.0. The van der Waals surface area contributed by atoms with Gasteiger partial charge in [0.2, 0.25) is 0 Å². The molecule has 18 heavy (non-hydrogen) atoms. The number of anilines is 1. The Hall–Kier alpha value is -1.88. The number of hydrogen-bond donors (Lipinski definition) is 1. The lowest BCUT2D eigenvalue weighted by atomic mass is 10.2. The van der Waals surface area contributed by atoms with Crippen LogP contribution in [0.15, 0.2) is 36.7 Å².